The molecule has 1 aliphatic rings. The van der Waals surface area contributed by atoms with E-state index in [2.05, 4.69) is 4.72 Å². The first-order valence-corrected chi connectivity index (χ1v) is 10.7. The van der Waals surface area contributed by atoms with Crippen molar-refractivity contribution in [1.29, 1.82) is 0 Å². The van der Waals surface area contributed by atoms with E-state index >= 15 is 0 Å². The zero-order chi connectivity index (χ0) is 16.4. The average Bonchev–Trinajstić information content (AvgIpc) is 3.00. The predicted molar refractivity (Wildman–Crippen MR) is 96.3 cm³/mol. The third kappa shape index (κ3) is 3.96. The number of nitrogens with one attached hydrogen (secondary N) is 1. The van der Waals surface area contributed by atoms with Crippen LogP contribution in [0.15, 0.2) is 47.4 Å². The molecule has 0 spiro atoms. The molecule has 3 nitrogen and oxygen atoms in total. The summed E-state index contributed by atoms with van der Waals surface area (Å²) in [6.45, 7) is 0. The number of sulfonamides is 1. The Morgan fingerprint density at radius 1 is 1.13 bits per heavy atom. The molecule has 0 aliphatic carbocycles. The van der Waals surface area contributed by atoms with E-state index in [0.29, 0.717) is 10.3 Å². The van der Waals surface area contributed by atoms with Crippen LogP contribution < -0.4 is 4.72 Å². The second kappa shape index (κ2) is 6.93. The first kappa shape index (κ1) is 17.0. The average molecular weight is 390 g/mol. The molecule has 0 unspecified atom stereocenters. The summed E-state index contributed by atoms with van der Waals surface area (Å²) in [5.74, 6) is 1.30. The Bertz CT molecular complexity index is 823. The van der Waals surface area contributed by atoms with Crippen molar-refractivity contribution < 1.29 is 12.8 Å². The van der Waals surface area contributed by atoms with Crippen LogP contribution in [0.3, 0.4) is 0 Å². The van der Waals surface area contributed by atoms with Crippen LogP contribution in [0.5, 0.6) is 0 Å². The van der Waals surface area contributed by atoms with Crippen LogP contribution in [0.2, 0.25) is 5.02 Å². The van der Waals surface area contributed by atoms with E-state index in [1.54, 1.807) is 18.2 Å². The van der Waals surface area contributed by atoms with E-state index in [1.165, 1.54) is 6.07 Å². The van der Waals surface area contributed by atoms with Gasteiger partial charge in [0.05, 0.1) is 4.58 Å². The predicted octanol–water partition coefficient (Wildman–Crippen LogP) is 4.76. The van der Waals surface area contributed by atoms with Gasteiger partial charge >= 0.3 is 0 Å². The lowest BCUT2D eigenvalue weighted by atomic mass is 10.2. The zero-order valence-corrected chi connectivity index (χ0v) is 15.0. The maximum absolute atomic E-state index is 13.9. The summed E-state index contributed by atoms with van der Waals surface area (Å²) in [7, 11) is -4.00. The van der Waals surface area contributed by atoms with Crippen molar-refractivity contribution in [2.24, 2.45) is 0 Å². The maximum atomic E-state index is 13.9. The van der Waals surface area contributed by atoms with Crippen LogP contribution in [0.25, 0.3) is 0 Å². The molecule has 1 aliphatic heterocycles. The van der Waals surface area contributed by atoms with Gasteiger partial charge in [-0.1, -0.05) is 23.7 Å². The molecule has 8 heteroatoms. The summed E-state index contributed by atoms with van der Waals surface area (Å²) in [6, 6.07) is 10.7. The minimum absolute atomic E-state index is 0.152. The number of benzene rings is 2. The standard InChI is InChI=1S/C15H13ClFNO2S3/c16-11-4-5-14(13(17)9-11)23(19,20)18-12-3-1-2-10(8-12)15-21-6-7-22-15/h1-5,8-9,15,18H,6-7H2. The van der Waals surface area contributed by atoms with Crippen molar-refractivity contribution in [1.82, 2.24) is 0 Å². The highest BCUT2D eigenvalue weighted by molar-refractivity contribution is 8.19. The quantitative estimate of drug-likeness (QED) is 0.818. The Kier molecular flexibility index (Phi) is 5.10. The van der Waals surface area contributed by atoms with Gasteiger partial charge in [-0.3, -0.25) is 4.72 Å². The highest BCUT2D eigenvalue weighted by Gasteiger charge is 2.21. The van der Waals surface area contributed by atoms with E-state index in [1.807, 2.05) is 29.6 Å². The number of hydrogen-bond acceptors (Lipinski definition) is 4. The molecule has 122 valence electrons. The molecule has 0 bridgehead atoms. The largest absolute Gasteiger partial charge is 0.280 e. The first-order valence-electron chi connectivity index (χ1n) is 6.77. The number of anilines is 1. The molecule has 3 rings (SSSR count). The van der Waals surface area contributed by atoms with Crippen LogP contribution >= 0.6 is 35.1 Å². The zero-order valence-electron chi connectivity index (χ0n) is 11.8. The minimum Gasteiger partial charge on any atom is -0.280 e. The van der Waals surface area contributed by atoms with Crippen molar-refractivity contribution in [2.45, 2.75) is 9.48 Å². The van der Waals surface area contributed by atoms with Gasteiger partial charge in [-0.05, 0) is 35.9 Å². The summed E-state index contributed by atoms with van der Waals surface area (Å²) in [4.78, 5) is -0.420. The lowest BCUT2D eigenvalue weighted by Gasteiger charge is -2.12. The Morgan fingerprint density at radius 3 is 2.57 bits per heavy atom. The lowest BCUT2D eigenvalue weighted by molar-refractivity contribution is 0.570. The van der Waals surface area contributed by atoms with Gasteiger partial charge in [0.1, 0.15) is 10.7 Å². The Balaban J connectivity index is 1.87. The van der Waals surface area contributed by atoms with Crippen LogP contribution in [0, 0.1) is 5.82 Å². The molecule has 2 aromatic carbocycles. The van der Waals surface area contributed by atoms with Crippen molar-refractivity contribution in [3.05, 3.63) is 58.9 Å². The maximum Gasteiger partial charge on any atom is 0.264 e. The van der Waals surface area contributed by atoms with E-state index < -0.39 is 20.7 Å². The molecule has 2 aromatic rings. The normalized spacial score (nSPS) is 15.7. The van der Waals surface area contributed by atoms with Crippen LogP contribution in [0.1, 0.15) is 10.1 Å². The third-order valence-electron chi connectivity index (χ3n) is 3.22. The van der Waals surface area contributed by atoms with E-state index in [-0.39, 0.29) is 5.02 Å². The molecule has 0 amide bonds. The number of hydrogen-bond donors (Lipinski definition) is 1. The van der Waals surface area contributed by atoms with Gasteiger partial charge in [0.2, 0.25) is 0 Å². The van der Waals surface area contributed by atoms with Gasteiger partial charge in [0, 0.05) is 22.2 Å². The van der Waals surface area contributed by atoms with Gasteiger partial charge in [0.15, 0.2) is 0 Å². The Hall–Kier alpha value is -0.890. The molecule has 0 atom stereocenters. The molecule has 1 fully saturated rings. The monoisotopic (exact) mass is 389 g/mol. The minimum atomic E-state index is -4.00. The second-order valence-corrected chi connectivity index (χ2v) is 9.69. The second-order valence-electron chi connectivity index (χ2n) is 4.88. The van der Waals surface area contributed by atoms with Gasteiger partial charge in [-0.15, -0.1) is 23.5 Å². The van der Waals surface area contributed by atoms with E-state index in [9.17, 15) is 12.8 Å². The van der Waals surface area contributed by atoms with Gasteiger partial charge < -0.3 is 0 Å². The van der Waals surface area contributed by atoms with Crippen LogP contribution in [-0.2, 0) is 10.0 Å². The molecule has 1 saturated heterocycles. The molecular weight excluding hydrogens is 377 g/mol. The summed E-state index contributed by atoms with van der Waals surface area (Å²) in [5.41, 5.74) is 1.47. The summed E-state index contributed by atoms with van der Waals surface area (Å²) in [6.07, 6.45) is 0. The van der Waals surface area contributed by atoms with Crippen molar-refractivity contribution in [3.63, 3.8) is 0 Å². The fraction of sp³-hybridized carbons (Fsp3) is 0.200. The van der Waals surface area contributed by atoms with Crippen LogP contribution in [-0.4, -0.2) is 19.9 Å². The topological polar surface area (TPSA) is 46.2 Å². The first-order chi connectivity index (χ1) is 11.0. The van der Waals surface area contributed by atoms with E-state index in [0.717, 1.165) is 29.2 Å². The molecule has 1 heterocycles. The van der Waals surface area contributed by atoms with Gasteiger partial charge in [-0.2, -0.15) is 0 Å². The van der Waals surface area contributed by atoms with Gasteiger partial charge in [-0.25, -0.2) is 12.8 Å². The summed E-state index contributed by atoms with van der Waals surface area (Å²) >= 11 is 9.33. The highest BCUT2D eigenvalue weighted by Crippen LogP contribution is 2.45. The van der Waals surface area contributed by atoms with E-state index in [4.69, 9.17) is 11.6 Å². The van der Waals surface area contributed by atoms with Crippen LogP contribution in [0.4, 0.5) is 10.1 Å². The summed E-state index contributed by atoms with van der Waals surface area (Å²) < 4.78 is 41.3. The van der Waals surface area contributed by atoms with Crippen molar-refractivity contribution in [3.8, 4) is 0 Å². The van der Waals surface area contributed by atoms with Crippen molar-refractivity contribution in [2.75, 3.05) is 16.2 Å². The molecule has 0 aromatic heterocycles. The highest BCUT2D eigenvalue weighted by atomic mass is 35.5. The smallest absolute Gasteiger partial charge is 0.264 e. The fourth-order valence-electron chi connectivity index (χ4n) is 2.20. The van der Waals surface area contributed by atoms with Gasteiger partial charge in [0.25, 0.3) is 10.0 Å². The molecule has 1 N–H and O–H groups in total. The third-order valence-corrected chi connectivity index (χ3v) is 7.97. The number of rotatable bonds is 4. The molecule has 0 radical (unpaired) electrons. The lowest BCUT2D eigenvalue weighted by Crippen LogP contribution is -2.14. The van der Waals surface area contributed by atoms with Crippen molar-refractivity contribution >= 4 is 50.8 Å². The molecule has 0 saturated carbocycles. The SMILES string of the molecule is O=S(=O)(Nc1cccc(C2SCCS2)c1)c1ccc(Cl)cc1F. The summed E-state index contributed by atoms with van der Waals surface area (Å²) in [5, 5.41) is 0.152. The Labute approximate surface area is 148 Å². The molecular formula is C15H13ClFNO2S3. The molecule has 23 heavy (non-hydrogen) atoms. The number of thioether (sulfide) groups is 2. The Morgan fingerprint density at radius 2 is 1.87 bits per heavy atom. The number of halogens is 2. The fourth-order valence-corrected chi connectivity index (χ4v) is 6.31.